The summed E-state index contributed by atoms with van der Waals surface area (Å²) < 4.78 is 13.3. The van der Waals surface area contributed by atoms with Crippen molar-refractivity contribution in [3.63, 3.8) is 0 Å². The monoisotopic (exact) mass is 622 g/mol. The van der Waals surface area contributed by atoms with Crippen molar-refractivity contribution in [3.05, 3.63) is 115 Å². The van der Waals surface area contributed by atoms with Gasteiger partial charge in [-0.15, -0.1) is 0 Å². The predicted molar refractivity (Wildman–Crippen MR) is 197 cm³/mol. The highest BCUT2D eigenvalue weighted by molar-refractivity contribution is 6.62. The van der Waals surface area contributed by atoms with E-state index in [1.807, 2.05) is 24.8 Å². The second-order valence-corrected chi connectivity index (χ2v) is 15.9. The summed E-state index contributed by atoms with van der Waals surface area (Å²) in [5, 5.41) is 0. The molecule has 1 fully saturated rings. The van der Waals surface area contributed by atoms with Gasteiger partial charge >= 0.3 is 7.12 Å². The SMILES string of the molecule is CC(C)(C)c1cncc(-c2ccccc2-c2cc(B3OC(C)(C)C(C)(C)O3)cc(-c3ccccc3-c3cncc(C(C)(C)C)c3)c2)c1. The molecule has 0 unspecified atom stereocenters. The van der Waals surface area contributed by atoms with Gasteiger partial charge in [-0.2, -0.15) is 0 Å². The van der Waals surface area contributed by atoms with Crippen LogP contribution in [0.3, 0.4) is 0 Å². The fourth-order valence-electron chi connectivity index (χ4n) is 6.05. The molecule has 0 N–H and O–H groups in total. The summed E-state index contributed by atoms with van der Waals surface area (Å²) >= 11 is 0. The molecule has 0 amide bonds. The molecule has 0 bridgehead atoms. The molecule has 0 aliphatic carbocycles. The van der Waals surface area contributed by atoms with Gasteiger partial charge < -0.3 is 9.31 Å². The summed E-state index contributed by atoms with van der Waals surface area (Å²) in [5.74, 6) is 0. The lowest BCUT2D eigenvalue weighted by atomic mass is 9.75. The van der Waals surface area contributed by atoms with Gasteiger partial charge in [-0.05, 0) is 107 Å². The first-order valence-electron chi connectivity index (χ1n) is 16.6. The van der Waals surface area contributed by atoms with E-state index in [1.165, 1.54) is 11.1 Å². The van der Waals surface area contributed by atoms with Crippen LogP contribution in [0.4, 0.5) is 0 Å². The zero-order chi connectivity index (χ0) is 33.8. The highest BCUT2D eigenvalue weighted by atomic mass is 16.7. The molecule has 1 aliphatic heterocycles. The van der Waals surface area contributed by atoms with Crippen molar-refractivity contribution < 1.29 is 9.31 Å². The zero-order valence-corrected chi connectivity index (χ0v) is 29.6. The molecular weight excluding hydrogens is 575 g/mol. The Labute approximate surface area is 281 Å². The summed E-state index contributed by atoms with van der Waals surface area (Å²) in [6.45, 7) is 21.8. The highest BCUT2D eigenvalue weighted by Gasteiger charge is 2.51. The number of hydrogen-bond donors (Lipinski definition) is 0. The zero-order valence-electron chi connectivity index (χ0n) is 29.6. The maximum Gasteiger partial charge on any atom is 0.494 e. The van der Waals surface area contributed by atoms with Crippen LogP contribution in [-0.2, 0) is 20.1 Å². The van der Waals surface area contributed by atoms with Gasteiger partial charge in [0.2, 0.25) is 0 Å². The molecule has 0 spiro atoms. The van der Waals surface area contributed by atoms with Crippen molar-refractivity contribution in [3.8, 4) is 44.5 Å². The Hall–Kier alpha value is -4.06. The second-order valence-electron chi connectivity index (χ2n) is 15.9. The van der Waals surface area contributed by atoms with E-state index in [4.69, 9.17) is 9.31 Å². The summed E-state index contributed by atoms with van der Waals surface area (Å²) in [6.07, 6.45) is 7.89. The van der Waals surface area contributed by atoms with Crippen molar-refractivity contribution >= 4 is 12.6 Å². The Morgan fingerprint density at radius 1 is 0.489 bits per heavy atom. The number of pyridine rings is 2. The van der Waals surface area contributed by atoms with Crippen LogP contribution in [0.25, 0.3) is 44.5 Å². The van der Waals surface area contributed by atoms with Gasteiger partial charge in [0.05, 0.1) is 11.2 Å². The molecule has 5 aromatic rings. The minimum atomic E-state index is -0.505. The summed E-state index contributed by atoms with van der Waals surface area (Å²) in [5.41, 5.74) is 11.4. The lowest BCUT2D eigenvalue weighted by Crippen LogP contribution is -2.41. The first kappa shape index (κ1) is 32.9. The van der Waals surface area contributed by atoms with E-state index in [0.717, 1.165) is 50.0 Å². The molecular formula is C42H47BN2O2. The van der Waals surface area contributed by atoms with E-state index in [-0.39, 0.29) is 10.8 Å². The lowest BCUT2D eigenvalue weighted by Gasteiger charge is -2.32. The number of benzene rings is 3. The molecule has 6 rings (SSSR count). The number of hydrogen-bond acceptors (Lipinski definition) is 4. The third kappa shape index (κ3) is 6.57. The van der Waals surface area contributed by atoms with Gasteiger partial charge in [0.1, 0.15) is 0 Å². The maximum atomic E-state index is 6.63. The molecule has 0 saturated carbocycles. The largest absolute Gasteiger partial charge is 0.494 e. The molecule has 0 radical (unpaired) electrons. The van der Waals surface area contributed by atoms with E-state index in [0.29, 0.717) is 0 Å². The average molecular weight is 623 g/mol. The van der Waals surface area contributed by atoms with Crippen molar-refractivity contribution in [1.82, 2.24) is 9.97 Å². The van der Waals surface area contributed by atoms with E-state index in [2.05, 4.69) is 158 Å². The van der Waals surface area contributed by atoms with Crippen molar-refractivity contribution in [2.24, 2.45) is 0 Å². The first-order valence-corrected chi connectivity index (χ1v) is 16.6. The second kappa shape index (κ2) is 11.9. The van der Waals surface area contributed by atoms with Gasteiger partial charge in [0.25, 0.3) is 0 Å². The summed E-state index contributed by atoms with van der Waals surface area (Å²) in [6, 6.07) is 28.5. The molecule has 1 aliphatic rings. The van der Waals surface area contributed by atoms with Gasteiger partial charge in [-0.1, -0.05) is 102 Å². The molecule has 3 aromatic carbocycles. The molecule has 5 heteroatoms. The number of nitrogens with zero attached hydrogens (tertiary/aromatic N) is 2. The van der Waals surface area contributed by atoms with E-state index in [1.54, 1.807) is 0 Å². The van der Waals surface area contributed by atoms with Gasteiger partial charge in [0.15, 0.2) is 0 Å². The van der Waals surface area contributed by atoms with Crippen LogP contribution in [-0.4, -0.2) is 28.3 Å². The third-order valence-electron chi connectivity index (χ3n) is 9.79. The fraction of sp³-hybridized carbons (Fsp3) is 0.333. The molecule has 0 atom stereocenters. The Morgan fingerprint density at radius 3 is 1.21 bits per heavy atom. The van der Waals surface area contributed by atoms with E-state index in [9.17, 15) is 0 Å². The highest BCUT2D eigenvalue weighted by Crippen LogP contribution is 2.40. The van der Waals surface area contributed by atoms with Crippen molar-refractivity contribution in [2.75, 3.05) is 0 Å². The average Bonchev–Trinajstić information content (AvgIpc) is 3.26. The number of aromatic nitrogens is 2. The Balaban J connectivity index is 1.56. The van der Waals surface area contributed by atoms with Crippen LogP contribution in [0.2, 0.25) is 0 Å². The van der Waals surface area contributed by atoms with E-state index >= 15 is 0 Å². The fourth-order valence-corrected chi connectivity index (χ4v) is 6.05. The van der Waals surface area contributed by atoms with Crippen LogP contribution < -0.4 is 5.46 Å². The molecule has 4 nitrogen and oxygen atoms in total. The van der Waals surface area contributed by atoms with Crippen LogP contribution in [0.1, 0.15) is 80.4 Å². The molecule has 1 saturated heterocycles. The van der Waals surface area contributed by atoms with E-state index < -0.39 is 18.3 Å². The normalized spacial score (nSPS) is 16.0. The van der Waals surface area contributed by atoms with Gasteiger partial charge in [-0.25, -0.2) is 0 Å². The molecule has 240 valence electrons. The summed E-state index contributed by atoms with van der Waals surface area (Å²) in [7, 11) is -0.505. The molecule has 2 aromatic heterocycles. The topological polar surface area (TPSA) is 44.2 Å². The lowest BCUT2D eigenvalue weighted by molar-refractivity contribution is 0.00578. The minimum absolute atomic E-state index is 0.00927. The standard InChI is InChI=1S/C42H47BN2O2/c1-39(2,3)32-20-30(24-44-26-32)37-17-13-11-15-35(37)28-19-29(23-34(22-28)43-46-41(7,8)42(9,10)47-43)36-16-12-14-18-38(36)31-21-33(27-45-25-31)40(4,5)6/h11-27H,1-10H3. The third-order valence-corrected chi connectivity index (χ3v) is 9.79. The van der Waals surface area contributed by atoms with Crippen LogP contribution in [0, 0.1) is 0 Å². The smallest absolute Gasteiger partial charge is 0.399 e. The Morgan fingerprint density at radius 2 is 0.851 bits per heavy atom. The quantitative estimate of drug-likeness (QED) is 0.183. The summed E-state index contributed by atoms with van der Waals surface area (Å²) in [4.78, 5) is 9.33. The molecule has 3 heterocycles. The minimum Gasteiger partial charge on any atom is -0.399 e. The van der Waals surface area contributed by atoms with Gasteiger partial charge in [0, 0.05) is 35.9 Å². The predicted octanol–water partition coefficient (Wildman–Crippen LogP) is 10.0. The van der Waals surface area contributed by atoms with Crippen LogP contribution in [0.15, 0.2) is 104 Å². The Kier molecular flexibility index (Phi) is 8.31. The Bertz CT molecular complexity index is 1800. The van der Waals surface area contributed by atoms with Crippen molar-refractivity contribution in [2.45, 2.75) is 91.3 Å². The van der Waals surface area contributed by atoms with Crippen molar-refractivity contribution in [1.29, 1.82) is 0 Å². The maximum absolute atomic E-state index is 6.63. The van der Waals surface area contributed by atoms with Crippen LogP contribution >= 0.6 is 0 Å². The number of rotatable bonds is 5. The van der Waals surface area contributed by atoms with Gasteiger partial charge in [-0.3, -0.25) is 9.97 Å². The van der Waals surface area contributed by atoms with Crippen LogP contribution in [0.5, 0.6) is 0 Å². The first-order chi connectivity index (χ1) is 22.0. The molecule has 47 heavy (non-hydrogen) atoms.